The lowest BCUT2D eigenvalue weighted by Gasteiger charge is -2.26. The highest BCUT2D eigenvalue weighted by atomic mass is 19.4. The van der Waals surface area contributed by atoms with Gasteiger partial charge in [0.15, 0.2) is 0 Å². The van der Waals surface area contributed by atoms with Crippen molar-refractivity contribution in [2.24, 2.45) is 0 Å². The van der Waals surface area contributed by atoms with Crippen LogP contribution in [0.4, 0.5) is 18.9 Å². The highest BCUT2D eigenvalue weighted by Crippen LogP contribution is 2.29. The van der Waals surface area contributed by atoms with Crippen LogP contribution < -0.4 is 9.64 Å². The van der Waals surface area contributed by atoms with Crippen molar-refractivity contribution in [3.63, 3.8) is 0 Å². The van der Waals surface area contributed by atoms with E-state index in [1.807, 2.05) is 7.05 Å². The summed E-state index contributed by atoms with van der Waals surface area (Å²) in [6.07, 6.45) is 0.127. The summed E-state index contributed by atoms with van der Waals surface area (Å²) in [6, 6.07) is 6.54. The van der Waals surface area contributed by atoms with Crippen molar-refractivity contribution < 1.29 is 17.9 Å². The van der Waals surface area contributed by atoms with Gasteiger partial charge in [-0.1, -0.05) is 12.8 Å². The Labute approximate surface area is 104 Å². The first-order valence-electron chi connectivity index (χ1n) is 6.04. The molecule has 1 aliphatic rings. The molecule has 1 aromatic carbocycles. The normalized spacial score (nSPS) is 16.9. The van der Waals surface area contributed by atoms with E-state index in [-0.39, 0.29) is 5.75 Å². The van der Waals surface area contributed by atoms with E-state index < -0.39 is 6.36 Å². The third-order valence-electron chi connectivity index (χ3n) is 3.35. The second-order valence-electron chi connectivity index (χ2n) is 4.59. The Kier molecular flexibility index (Phi) is 3.68. The molecule has 1 aliphatic carbocycles. The maximum Gasteiger partial charge on any atom is 0.573 e. The highest BCUT2D eigenvalue weighted by Gasteiger charge is 2.31. The van der Waals surface area contributed by atoms with Gasteiger partial charge in [0, 0.05) is 18.8 Å². The lowest BCUT2D eigenvalue weighted by Crippen LogP contribution is -2.28. The van der Waals surface area contributed by atoms with Gasteiger partial charge >= 0.3 is 6.36 Å². The van der Waals surface area contributed by atoms with Crippen molar-refractivity contribution in [2.75, 3.05) is 11.9 Å². The van der Waals surface area contributed by atoms with E-state index >= 15 is 0 Å². The number of anilines is 1. The van der Waals surface area contributed by atoms with Crippen molar-refractivity contribution in [2.45, 2.75) is 38.1 Å². The molecule has 0 spiro atoms. The Morgan fingerprint density at radius 3 is 2.17 bits per heavy atom. The number of alkyl halides is 3. The van der Waals surface area contributed by atoms with Crippen LogP contribution in [0.15, 0.2) is 24.3 Å². The van der Waals surface area contributed by atoms with Crippen LogP contribution in [0.1, 0.15) is 25.7 Å². The number of hydrogen-bond acceptors (Lipinski definition) is 2. The second-order valence-corrected chi connectivity index (χ2v) is 4.59. The molecular weight excluding hydrogens is 243 g/mol. The van der Waals surface area contributed by atoms with Crippen molar-refractivity contribution >= 4 is 5.69 Å². The molecule has 0 radical (unpaired) electrons. The molecule has 1 fully saturated rings. The Hall–Kier alpha value is -1.39. The molecule has 0 bridgehead atoms. The van der Waals surface area contributed by atoms with Crippen molar-refractivity contribution in [1.29, 1.82) is 0 Å². The minimum absolute atomic E-state index is 0.175. The van der Waals surface area contributed by atoms with Crippen LogP contribution in [0, 0.1) is 0 Å². The maximum absolute atomic E-state index is 12.0. The number of ether oxygens (including phenoxy) is 1. The number of halogens is 3. The number of benzene rings is 1. The van der Waals surface area contributed by atoms with Gasteiger partial charge in [0.2, 0.25) is 0 Å². The minimum atomic E-state index is -4.63. The molecule has 2 rings (SSSR count). The molecule has 18 heavy (non-hydrogen) atoms. The molecule has 1 aromatic rings. The van der Waals surface area contributed by atoms with E-state index in [2.05, 4.69) is 9.64 Å². The Bertz CT molecular complexity index is 382. The van der Waals surface area contributed by atoms with Crippen LogP contribution in [0.25, 0.3) is 0 Å². The van der Waals surface area contributed by atoms with Gasteiger partial charge in [0.1, 0.15) is 5.75 Å². The first-order chi connectivity index (χ1) is 8.46. The van der Waals surface area contributed by atoms with Crippen LogP contribution >= 0.6 is 0 Å². The smallest absolute Gasteiger partial charge is 0.406 e. The van der Waals surface area contributed by atoms with Gasteiger partial charge in [0.05, 0.1) is 0 Å². The average Bonchev–Trinajstić information content (AvgIpc) is 2.80. The topological polar surface area (TPSA) is 12.5 Å². The van der Waals surface area contributed by atoms with Crippen molar-refractivity contribution in [1.82, 2.24) is 0 Å². The van der Waals surface area contributed by atoms with Crippen LogP contribution in [-0.4, -0.2) is 19.5 Å². The molecule has 1 saturated carbocycles. The summed E-state index contributed by atoms with van der Waals surface area (Å²) < 4.78 is 39.9. The van der Waals surface area contributed by atoms with Crippen LogP contribution in [0.5, 0.6) is 5.75 Å². The molecule has 0 saturated heterocycles. The number of rotatable bonds is 3. The van der Waals surface area contributed by atoms with E-state index in [0.717, 1.165) is 18.5 Å². The molecule has 2 nitrogen and oxygen atoms in total. The maximum atomic E-state index is 12.0. The van der Waals surface area contributed by atoms with Gasteiger partial charge < -0.3 is 9.64 Å². The summed E-state index contributed by atoms with van der Waals surface area (Å²) in [5.41, 5.74) is 0.927. The Morgan fingerprint density at radius 2 is 1.67 bits per heavy atom. The monoisotopic (exact) mass is 259 g/mol. The molecule has 5 heteroatoms. The molecular formula is C13H16F3NO. The van der Waals surface area contributed by atoms with E-state index in [1.165, 1.54) is 25.0 Å². The summed E-state index contributed by atoms with van der Waals surface area (Å²) in [5, 5.41) is 0. The zero-order valence-electron chi connectivity index (χ0n) is 10.2. The predicted octanol–water partition coefficient (Wildman–Crippen LogP) is 3.96. The predicted molar refractivity (Wildman–Crippen MR) is 63.8 cm³/mol. The zero-order valence-corrected chi connectivity index (χ0v) is 10.2. The number of hydrogen-bond donors (Lipinski definition) is 0. The molecule has 0 unspecified atom stereocenters. The van der Waals surface area contributed by atoms with Crippen LogP contribution in [0.3, 0.4) is 0 Å². The van der Waals surface area contributed by atoms with Crippen LogP contribution in [0.2, 0.25) is 0 Å². The fraction of sp³-hybridized carbons (Fsp3) is 0.538. The number of nitrogens with zero attached hydrogens (tertiary/aromatic N) is 1. The summed E-state index contributed by atoms with van der Waals surface area (Å²) >= 11 is 0. The molecule has 100 valence electrons. The molecule has 0 aromatic heterocycles. The summed E-state index contributed by atoms with van der Waals surface area (Å²) in [6.45, 7) is 0. The third-order valence-corrected chi connectivity index (χ3v) is 3.35. The average molecular weight is 259 g/mol. The fourth-order valence-corrected chi connectivity index (χ4v) is 2.39. The largest absolute Gasteiger partial charge is 0.573 e. The SMILES string of the molecule is CN(c1ccc(OC(F)(F)F)cc1)C1CCCC1. The van der Waals surface area contributed by atoms with Gasteiger partial charge in [-0.05, 0) is 37.1 Å². The van der Waals surface area contributed by atoms with Gasteiger partial charge in [-0.3, -0.25) is 0 Å². The summed E-state index contributed by atoms with van der Waals surface area (Å²) in [7, 11) is 1.98. The first-order valence-corrected chi connectivity index (χ1v) is 6.04. The highest BCUT2D eigenvalue weighted by molar-refractivity contribution is 5.49. The summed E-state index contributed by atoms with van der Waals surface area (Å²) in [5.74, 6) is -0.175. The molecule has 0 heterocycles. The Morgan fingerprint density at radius 1 is 1.11 bits per heavy atom. The lowest BCUT2D eigenvalue weighted by atomic mass is 10.2. The quantitative estimate of drug-likeness (QED) is 0.814. The van der Waals surface area contributed by atoms with E-state index in [4.69, 9.17) is 0 Å². The van der Waals surface area contributed by atoms with E-state index in [9.17, 15) is 13.2 Å². The summed E-state index contributed by atoms with van der Waals surface area (Å²) in [4.78, 5) is 2.13. The van der Waals surface area contributed by atoms with E-state index in [0.29, 0.717) is 6.04 Å². The second kappa shape index (κ2) is 5.08. The molecule has 0 amide bonds. The molecule has 0 atom stereocenters. The fourth-order valence-electron chi connectivity index (χ4n) is 2.39. The van der Waals surface area contributed by atoms with Gasteiger partial charge in [0.25, 0.3) is 0 Å². The molecule has 0 aliphatic heterocycles. The zero-order chi connectivity index (χ0) is 13.2. The third kappa shape index (κ3) is 3.31. The van der Waals surface area contributed by atoms with Gasteiger partial charge in [-0.2, -0.15) is 0 Å². The lowest BCUT2D eigenvalue weighted by molar-refractivity contribution is -0.274. The standard InChI is InChI=1S/C13H16F3NO/c1-17(10-4-2-3-5-10)11-6-8-12(9-7-11)18-13(14,15)16/h6-10H,2-5H2,1H3. The van der Waals surface area contributed by atoms with Crippen molar-refractivity contribution in [3.8, 4) is 5.75 Å². The van der Waals surface area contributed by atoms with Crippen LogP contribution in [-0.2, 0) is 0 Å². The first kappa shape index (κ1) is 13.1. The van der Waals surface area contributed by atoms with Crippen molar-refractivity contribution in [3.05, 3.63) is 24.3 Å². The molecule has 0 N–H and O–H groups in total. The van der Waals surface area contributed by atoms with E-state index in [1.54, 1.807) is 12.1 Å². The van der Waals surface area contributed by atoms with Gasteiger partial charge in [-0.15, -0.1) is 13.2 Å². The van der Waals surface area contributed by atoms with Gasteiger partial charge in [-0.25, -0.2) is 0 Å². The Balaban J connectivity index is 2.02. The minimum Gasteiger partial charge on any atom is -0.406 e.